The van der Waals surface area contributed by atoms with Crippen molar-refractivity contribution in [2.75, 3.05) is 31.6 Å². The molecule has 1 aliphatic carbocycles. The molecular weight excluding hydrogens is 250 g/mol. The molecule has 6 heteroatoms. The summed E-state index contributed by atoms with van der Waals surface area (Å²) >= 11 is 1.57. The molecule has 1 aliphatic rings. The van der Waals surface area contributed by atoms with Gasteiger partial charge in [0, 0.05) is 13.1 Å². The van der Waals surface area contributed by atoms with E-state index in [9.17, 15) is 9.59 Å². The zero-order valence-corrected chi connectivity index (χ0v) is 12.0. The summed E-state index contributed by atoms with van der Waals surface area (Å²) < 4.78 is 0. The fourth-order valence-electron chi connectivity index (χ4n) is 1.33. The summed E-state index contributed by atoms with van der Waals surface area (Å²) in [5, 5.41) is 2.87. The van der Waals surface area contributed by atoms with Gasteiger partial charge in [-0.15, -0.1) is 0 Å². The average molecular weight is 273 g/mol. The Labute approximate surface area is 113 Å². The first-order valence-electron chi connectivity index (χ1n) is 6.34. The molecule has 0 aromatic heterocycles. The zero-order chi connectivity index (χ0) is 13.5. The zero-order valence-electron chi connectivity index (χ0n) is 11.1. The standard InChI is InChI=1S/C12H23N3O2S/c1-9(5-13)7-18-8-12(17)15(2)6-11(16)14-10-3-4-10/h9-10H,3-8,13H2,1-2H3,(H,14,16). The first-order valence-corrected chi connectivity index (χ1v) is 7.49. The molecule has 1 atom stereocenters. The topological polar surface area (TPSA) is 75.4 Å². The van der Waals surface area contributed by atoms with Crippen LogP contribution in [0.5, 0.6) is 0 Å². The summed E-state index contributed by atoms with van der Waals surface area (Å²) in [4.78, 5) is 24.7. The number of nitrogens with two attached hydrogens (primary N) is 1. The van der Waals surface area contributed by atoms with Crippen molar-refractivity contribution in [3.05, 3.63) is 0 Å². The highest BCUT2D eigenvalue weighted by Gasteiger charge is 2.24. The molecular formula is C12H23N3O2S. The second-order valence-electron chi connectivity index (χ2n) is 4.95. The fraction of sp³-hybridized carbons (Fsp3) is 0.833. The van der Waals surface area contributed by atoms with Crippen molar-refractivity contribution < 1.29 is 9.59 Å². The van der Waals surface area contributed by atoms with E-state index < -0.39 is 0 Å². The molecule has 104 valence electrons. The van der Waals surface area contributed by atoms with Gasteiger partial charge in [0.2, 0.25) is 11.8 Å². The lowest BCUT2D eigenvalue weighted by Crippen LogP contribution is -2.39. The minimum atomic E-state index is -0.0614. The second kappa shape index (κ2) is 7.63. The van der Waals surface area contributed by atoms with Gasteiger partial charge in [0.1, 0.15) is 0 Å². The summed E-state index contributed by atoms with van der Waals surface area (Å²) in [5.41, 5.74) is 5.51. The highest BCUT2D eigenvalue weighted by atomic mass is 32.2. The molecule has 0 spiro atoms. The van der Waals surface area contributed by atoms with E-state index in [4.69, 9.17) is 5.73 Å². The second-order valence-corrected chi connectivity index (χ2v) is 5.98. The van der Waals surface area contributed by atoms with Crippen molar-refractivity contribution in [3.8, 4) is 0 Å². The number of carbonyl (C=O) groups is 2. The van der Waals surface area contributed by atoms with Gasteiger partial charge in [0.15, 0.2) is 0 Å². The first-order chi connectivity index (χ1) is 8.52. The third-order valence-corrected chi connectivity index (χ3v) is 4.04. The average Bonchev–Trinajstić information content (AvgIpc) is 3.12. The number of hydrogen-bond donors (Lipinski definition) is 2. The lowest BCUT2D eigenvalue weighted by atomic mass is 10.2. The molecule has 1 rings (SSSR count). The van der Waals surface area contributed by atoms with Crippen LogP contribution in [-0.2, 0) is 9.59 Å². The SMILES string of the molecule is CC(CN)CSCC(=O)N(C)CC(=O)NC1CC1. The molecule has 0 bridgehead atoms. The van der Waals surface area contributed by atoms with Crippen molar-refractivity contribution in [3.63, 3.8) is 0 Å². The molecule has 0 aromatic carbocycles. The van der Waals surface area contributed by atoms with Crippen molar-refractivity contribution in [2.45, 2.75) is 25.8 Å². The maximum Gasteiger partial charge on any atom is 0.239 e. The van der Waals surface area contributed by atoms with Gasteiger partial charge in [-0.25, -0.2) is 0 Å². The minimum absolute atomic E-state index is 0.00447. The van der Waals surface area contributed by atoms with Gasteiger partial charge < -0.3 is 16.0 Å². The largest absolute Gasteiger partial charge is 0.352 e. The van der Waals surface area contributed by atoms with Gasteiger partial charge in [0.05, 0.1) is 12.3 Å². The van der Waals surface area contributed by atoms with Crippen LogP contribution in [0.2, 0.25) is 0 Å². The third-order valence-electron chi connectivity index (χ3n) is 2.78. The monoisotopic (exact) mass is 273 g/mol. The highest BCUT2D eigenvalue weighted by molar-refractivity contribution is 7.99. The Balaban J connectivity index is 2.13. The number of likely N-dealkylation sites (N-methyl/N-ethyl adjacent to an activating group) is 1. The molecule has 0 saturated heterocycles. The Bertz CT molecular complexity index is 295. The van der Waals surface area contributed by atoms with Crippen LogP contribution in [-0.4, -0.2) is 54.4 Å². The van der Waals surface area contributed by atoms with Crippen molar-refractivity contribution in [1.29, 1.82) is 0 Å². The number of amides is 2. The van der Waals surface area contributed by atoms with E-state index in [0.717, 1.165) is 18.6 Å². The smallest absolute Gasteiger partial charge is 0.239 e. The van der Waals surface area contributed by atoms with E-state index >= 15 is 0 Å². The van der Waals surface area contributed by atoms with Crippen LogP contribution >= 0.6 is 11.8 Å². The van der Waals surface area contributed by atoms with Gasteiger partial charge in [-0.1, -0.05) is 6.92 Å². The predicted molar refractivity (Wildman–Crippen MR) is 74.3 cm³/mol. The Kier molecular flexibility index (Phi) is 6.49. The number of rotatable bonds is 8. The molecule has 5 nitrogen and oxygen atoms in total. The van der Waals surface area contributed by atoms with E-state index in [2.05, 4.69) is 12.2 Å². The number of hydrogen-bond acceptors (Lipinski definition) is 4. The molecule has 0 radical (unpaired) electrons. The minimum Gasteiger partial charge on any atom is -0.352 e. The molecule has 1 unspecified atom stereocenters. The van der Waals surface area contributed by atoms with Crippen LogP contribution in [0.1, 0.15) is 19.8 Å². The van der Waals surface area contributed by atoms with Gasteiger partial charge in [0.25, 0.3) is 0 Å². The fourth-order valence-corrected chi connectivity index (χ4v) is 2.38. The lowest BCUT2D eigenvalue weighted by molar-refractivity contribution is -0.132. The predicted octanol–water partition coefficient (Wildman–Crippen LogP) is 0.0514. The Morgan fingerprint density at radius 2 is 2.17 bits per heavy atom. The van der Waals surface area contributed by atoms with Crippen LogP contribution in [0.3, 0.4) is 0 Å². The van der Waals surface area contributed by atoms with Gasteiger partial charge in [-0.05, 0) is 31.1 Å². The van der Waals surface area contributed by atoms with Gasteiger partial charge in [-0.3, -0.25) is 9.59 Å². The molecule has 18 heavy (non-hydrogen) atoms. The van der Waals surface area contributed by atoms with E-state index in [1.54, 1.807) is 18.8 Å². The van der Waals surface area contributed by atoms with Crippen LogP contribution < -0.4 is 11.1 Å². The summed E-state index contributed by atoms with van der Waals surface area (Å²) in [6, 6.07) is 0.348. The van der Waals surface area contributed by atoms with Gasteiger partial charge in [-0.2, -0.15) is 11.8 Å². The lowest BCUT2D eigenvalue weighted by Gasteiger charge is -2.17. The Morgan fingerprint density at radius 3 is 2.72 bits per heavy atom. The van der Waals surface area contributed by atoms with Crippen LogP contribution in [0.15, 0.2) is 0 Å². The van der Waals surface area contributed by atoms with Crippen molar-refractivity contribution in [1.82, 2.24) is 10.2 Å². The maximum absolute atomic E-state index is 11.7. The molecule has 0 aromatic rings. The van der Waals surface area contributed by atoms with E-state index in [1.165, 1.54) is 4.90 Å². The quantitative estimate of drug-likeness (QED) is 0.655. The van der Waals surface area contributed by atoms with Crippen molar-refractivity contribution in [2.24, 2.45) is 11.7 Å². The molecule has 3 N–H and O–H groups in total. The maximum atomic E-state index is 11.7. The van der Waals surface area contributed by atoms with E-state index in [-0.39, 0.29) is 18.4 Å². The van der Waals surface area contributed by atoms with Gasteiger partial charge >= 0.3 is 0 Å². The Hall–Kier alpha value is -0.750. The third kappa shape index (κ3) is 6.26. The Morgan fingerprint density at radius 1 is 1.50 bits per heavy atom. The summed E-state index contributed by atoms with van der Waals surface area (Å²) in [6.07, 6.45) is 2.13. The normalized spacial score (nSPS) is 16.2. The molecule has 1 saturated carbocycles. The van der Waals surface area contributed by atoms with Crippen LogP contribution in [0.4, 0.5) is 0 Å². The molecule has 1 fully saturated rings. The van der Waals surface area contributed by atoms with Crippen LogP contribution in [0.25, 0.3) is 0 Å². The summed E-state index contributed by atoms with van der Waals surface area (Å²) in [7, 11) is 1.67. The van der Waals surface area contributed by atoms with E-state index in [1.807, 2.05) is 0 Å². The van der Waals surface area contributed by atoms with Crippen LogP contribution in [0, 0.1) is 5.92 Å². The number of thioether (sulfide) groups is 1. The van der Waals surface area contributed by atoms with E-state index in [0.29, 0.717) is 24.3 Å². The first kappa shape index (κ1) is 15.3. The molecule has 0 aliphatic heterocycles. The highest BCUT2D eigenvalue weighted by Crippen LogP contribution is 2.18. The van der Waals surface area contributed by atoms with Crippen molar-refractivity contribution >= 4 is 23.6 Å². The summed E-state index contributed by atoms with van der Waals surface area (Å²) in [5.74, 6) is 1.65. The number of nitrogens with one attached hydrogen (secondary N) is 1. The number of nitrogens with zero attached hydrogens (tertiary/aromatic N) is 1. The number of carbonyl (C=O) groups excluding carboxylic acids is 2. The summed E-state index contributed by atoms with van der Waals surface area (Å²) in [6.45, 7) is 2.85. The molecule has 2 amide bonds. The molecule has 0 heterocycles.